The zero-order valence-corrected chi connectivity index (χ0v) is 53.6. The number of fused-ring (bicyclic) bond motifs is 4. The van der Waals surface area contributed by atoms with Crippen molar-refractivity contribution < 1.29 is 66.4 Å². The first-order chi connectivity index (χ1) is 41.3. The van der Waals surface area contributed by atoms with Crippen molar-refractivity contribution in [2.45, 2.75) is 168 Å². The normalized spacial score (nSPS) is 20.3. The molecule has 2 aliphatic carbocycles. The quantitative estimate of drug-likeness (QED) is 0.0275. The molecule has 4 fully saturated rings. The van der Waals surface area contributed by atoms with Crippen LogP contribution in [0.25, 0.3) is 0 Å². The third-order valence-corrected chi connectivity index (χ3v) is 23.4. The summed E-state index contributed by atoms with van der Waals surface area (Å²) in [6, 6.07) is 12.8. The number of rotatable bonds is 25. The Labute approximate surface area is 513 Å². The molecule has 20 heteroatoms. The van der Waals surface area contributed by atoms with Crippen LogP contribution in [0.1, 0.15) is 143 Å². The number of ether oxygens (including phenoxy) is 6. The van der Waals surface area contributed by atoms with Crippen molar-refractivity contribution in [2.24, 2.45) is 22.7 Å². The highest BCUT2D eigenvalue weighted by atomic mass is 28.4. The van der Waals surface area contributed by atoms with Crippen molar-refractivity contribution in [3.8, 4) is 17.2 Å². The topological polar surface area (TPSA) is 209 Å². The molecule has 0 aromatic heterocycles. The van der Waals surface area contributed by atoms with Crippen LogP contribution in [0.3, 0.4) is 0 Å². The molecule has 0 bridgehead atoms. The summed E-state index contributed by atoms with van der Waals surface area (Å²) >= 11 is 0. The molecule has 2 saturated carbocycles. The Bertz CT molecular complexity index is 3130. The minimum absolute atomic E-state index is 0.0261. The van der Waals surface area contributed by atoms with Gasteiger partial charge in [-0.15, -0.1) is 0 Å². The lowest BCUT2D eigenvalue weighted by Crippen LogP contribution is -2.58. The molecule has 0 unspecified atom stereocenters. The number of amides is 5. The first-order valence-corrected chi connectivity index (χ1v) is 33.8. The third-order valence-electron chi connectivity index (χ3n) is 18.9. The zero-order chi connectivity index (χ0) is 62.8. The molecule has 470 valence electrons. The van der Waals surface area contributed by atoms with Gasteiger partial charge in [-0.1, -0.05) is 84.2 Å². The van der Waals surface area contributed by atoms with Gasteiger partial charge in [-0.2, -0.15) is 0 Å². The predicted octanol–water partition coefficient (Wildman–Crippen LogP) is 11.3. The lowest BCUT2D eigenvalue weighted by molar-refractivity contribution is -0.146. The monoisotopic (exact) mass is 1220 g/mol. The minimum atomic E-state index is -2.64. The van der Waals surface area contributed by atoms with Gasteiger partial charge in [0.1, 0.15) is 25.6 Å². The van der Waals surface area contributed by atoms with E-state index in [-0.39, 0.29) is 78.1 Å². The van der Waals surface area contributed by atoms with E-state index in [0.29, 0.717) is 103 Å². The summed E-state index contributed by atoms with van der Waals surface area (Å²) in [6.07, 6.45) is 8.48. The number of nitrogens with one attached hydrogen (secondary N) is 1. The number of hydrogen-bond acceptors (Lipinski definition) is 14. The number of ketones is 1. The van der Waals surface area contributed by atoms with Crippen molar-refractivity contribution in [1.29, 1.82) is 0 Å². The molecular formula is C67H89N5O14Si. The van der Waals surface area contributed by atoms with Gasteiger partial charge in [0.25, 0.3) is 11.8 Å². The molecule has 2 saturated heterocycles. The Morgan fingerprint density at radius 2 is 1.34 bits per heavy atom. The highest BCUT2D eigenvalue weighted by molar-refractivity contribution is 6.74. The minimum Gasteiger partial charge on any atom is -0.493 e. The average molecular weight is 1220 g/mol. The molecule has 87 heavy (non-hydrogen) atoms. The number of methoxy groups -OCH3 is 1. The molecule has 5 amide bonds. The van der Waals surface area contributed by atoms with Crippen molar-refractivity contribution in [2.75, 3.05) is 63.0 Å². The van der Waals surface area contributed by atoms with Crippen molar-refractivity contribution in [1.82, 2.24) is 15.1 Å². The molecule has 2 spiro atoms. The summed E-state index contributed by atoms with van der Waals surface area (Å²) in [5.74, 6) is -0.983. The van der Waals surface area contributed by atoms with E-state index >= 15 is 4.79 Å². The first-order valence-electron chi connectivity index (χ1n) is 30.9. The van der Waals surface area contributed by atoms with Crippen LogP contribution in [0.4, 0.5) is 21.0 Å². The number of carbonyl (C=O) groups is 7. The number of unbranched alkanes of at least 4 members (excludes halogenated alkanes) is 2. The average Bonchev–Trinajstić information content (AvgIpc) is 1.96. The molecule has 19 nitrogen and oxygen atoms in total. The number of hydrogen-bond donors (Lipinski definition) is 1. The molecule has 6 aliphatic rings. The van der Waals surface area contributed by atoms with E-state index in [1.807, 2.05) is 36.6 Å². The summed E-state index contributed by atoms with van der Waals surface area (Å²) in [5.41, 5.74) is 3.70. The van der Waals surface area contributed by atoms with E-state index in [1.165, 1.54) is 19.3 Å². The van der Waals surface area contributed by atoms with Gasteiger partial charge in [-0.25, -0.2) is 14.5 Å². The molecule has 4 heterocycles. The zero-order valence-electron chi connectivity index (χ0n) is 52.6. The number of esters is 1. The Hall–Kier alpha value is -7.19. The summed E-state index contributed by atoms with van der Waals surface area (Å²) in [7, 11) is -1.12. The fraction of sp³-hybridized carbons (Fsp3) is 0.567. The second-order valence-corrected chi connectivity index (χ2v) is 31.6. The molecule has 1 N–H and O–H groups in total. The fourth-order valence-electron chi connectivity index (χ4n) is 12.2. The molecular weight excluding hydrogens is 1130 g/mol. The van der Waals surface area contributed by atoms with E-state index in [1.54, 1.807) is 59.2 Å². The Morgan fingerprint density at radius 3 is 1.98 bits per heavy atom. The second kappa shape index (κ2) is 26.3. The number of aryl methyl sites for hydroxylation is 1. The van der Waals surface area contributed by atoms with Crippen LogP contribution >= 0.6 is 0 Å². The lowest BCUT2D eigenvalue weighted by Gasteiger charge is -2.44. The van der Waals surface area contributed by atoms with Crippen LogP contribution in [0, 0.1) is 29.6 Å². The summed E-state index contributed by atoms with van der Waals surface area (Å²) in [6.45, 7) is 27.3. The van der Waals surface area contributed by atoms with Gasteiger partial charge in [0.15, 0.2) is 31.8 Å². The van der Waals surface area contributed by atoms with Crippen LogP contribution in [0.5, 0.6) is 17.2 Å². The maximum absolute atomic E-state index is 15.1. The predicted molar refractivity (Wildman–Crippen MR) is 332 cm³/mol. The van der Waals surface area contributed by atoms with Gasteiger partial charge in [0, 0.05) is 38.2 Å². The van der Waals surface area contributed by atoms with Crippen molar-refractivity contribution in [3.63, 3.8) is 0 Å². The molecule has 0 radical (unpaired) electrons. The van der Waals surface area contributed by atoms with Gasteiger partial charge in [-0.05, 0) is 135 Å². The van der Waals surface area contributed by atoms with Crippen molar-refractivity contribution >= 4 is 61.4 Å². The van der Waals surface area contributed by atoms with E-state index < -0.39 is 56.6 Å². The standard InChI is InChI=1S/C67H89N5O14Si/c1-13-26-83-58(74)33-48(42(3)4)59(75)68-44(6)54(73)31-45-18-20-46(21-19-45)39-85-64(79)72-52-35-55(43(5)30-49(52)61(77)71-41-67(24-25-67)37-53(71)62(72)86-87(11,12)65(7,8)9)81-28-16-15-17-29-82-57-34-51-50(32-56(57)80-10)60(76)70-40-66(22-23-66)36-47(70)38-69(51)63(78)84-27-14-2/h13-14,18-21,30,32,34-35,42,44,47-48,53,62H,1-2,15-17,22-29,31,33,36-41H2,3-12H3,(H,68,75)/t44-,47-,48-,53-,62-/m0/s1. The summed E-state index contributed by atoms with van der Waals surface area (Å²) < 4.78 is 42.8. The van der Waals surface area contributed by atoms with Crippen LogP contribution in [0.15, 0.2) is 73.8 Å². The van der Waals surface area contributed by atoms with Crippen LogP contribution in [-0.4, -0.2) is 137 Å². The highest BCUT2D eigenvalue weighted by Gasteiger charge is 2.60. The maximum atomic E-state index is 15.1. The van der Waals surface area contributed by atoms with Gasteiger partial charge in [0.2, 0.25) is 5.91 Å². The van der Waals surface area contributed by atoms with E-state index in [0.717, 1.165) is 44.1 Å². The number of carbonyl (C=O) groups excluding carboxylic acids is 7. The lowest BCUT2D eigenvalue weighted by atomic mass is 9.91. The SMILES string of the molecule is C=CCOC(=O)C[C@H](C(=O)N[C@@H](C)C(=O)Cc1ccc(COC(=O)N2c3cc(OCCCCCOc4cc5c(cc4OC)C(=O)N4CC6(CC6)C[C@H]4CN5C(=O)OCC=C)c(C)cc3C(=O)N3CC4(CC4)C[C@H]3[C@@H]2O[Si](C)(C)C(C)(C)C)cc1)C(C)C. The Balaban J connectivity index is 0.875. The second-order valence-electron chi connectivity index (χ2n) is 26.8. The number of benzene rings is 3. The van der Waals surface area contributed by atoms with Gasteiger partial charge in [-0.3, -0.25) is 28.9 Å². The van der Waals surface area contributed by atoms with Crippen LogP contribution in [-0.2, 0) is 46.0 Å². The van der Waals surface area contributed by atoms with E-state index in [4.69, 9.17) is 32.8 Å². The van der Waals surface area contributed by atoms with Gasteiger partial charge >= 0.3 is 18.2 Å². The molecule has 3 aromatic rings. The molecule has 4 aliphatic heterocycles. The highest BCUT2D eigenvalue weighted by Crippen LogP contribution is 2.58. The number of nitrogens with zero attached hydrogens (tertiary/aromatic N) is 4. The molecule has 9 rings (SSSR count). The maximum Gasteiger partial charge on any atom is 0.416 e. The molecule has 3 aromatic carbocycles. The fourth-order valence-corrected chi connectivity index (χ4v) is 13.5. The molecule has 5 atom stereocenters. The summed E-state index contributed by atoms with van der Waals surface area (Å²) in [5, 5.41) is 2.54. The van der Waals surface area contributed by atoms with E-state index in [9.17, 15) is 28.8 Å². The van der Waals surface area contributed by atoms with Gasteiger partial charge < -0.3 is 48.0 Å². The Morgan fingerprint density at radius 1 is 0.747 bits per heavy atom. The number of anilines is 2. The first kappa shape index (κ1) is 64.3. The van der Waals surface area contributed by atoms with Crippen LogP contribution < -0.4 is 29.3 Å². The third kappa shape index (κ3) is 14.4. The number of Topliss-reactive ketones (excluding diaryl/α,β-unsaturated/α-hetero) is 1. The van der Waals surface area contributed by atoms with Crippen molar-refractivity contribution in [3.05, 3.63) is 102 Å². The largest absolute Gasteiger partial charge is 0.493 e. The summed E-state index contributed by atoms with van der Waals surface area (Å²) in [4.78, 5) is 104. The smallest absolute Gasteiger partial charge is 0.416 e. The van der Waals surface area contributed by atoms with E-state index in [2.05, 4.69) is 52.3 Å². The van der Waals surface area contributed by atoms with Crippen LogP contribution in [0.2, 0.25) is 18.1 Å². The Kier molecular flexibility index (Phi) is 19.4. The van der Waals surface area contributed by atoms with Gasteiger partial charge in [0.05, 0.1) is 73.3 Å².